The van der Waals surface area contributed by atoms with Gasteiger partial charge in [-0.15, -0.1) is 0 Å². The third kappa shape index (κ3) is 5.68. The monoisotopic (exact) mass is 670 g/mol. The molecule has 4 aromatic rings. The van der Waals surface area contributed by atoms with Gasteiger partial charge < -0.3 is 10.2 Å². The van der Waals surface area contributed by atoms with E-state index in [0.717, 1.165) is 11.8 Å². The Morgan fingerprint density at radius 2 is 1.73 bits per heavy atom. The molecule has 1 atom stereocenters. The number of rotatable bonds is 5. The van der Waals surface area contributed by atoms with Gasteiger partial charge in [-0.3, -0.25) is 14.4 Å². The van der Waals surface area contributed by atoms with Crippen LogP contribution in [0.25, 0.3) is 11.6 Å². The van der Waals surface area contributed by atoms with Crippen LogP contribution in [-0.2, 0) is 19.1 Å². The molecule has 0 unspecified atom stereocenters. The number of halogens is 4. The zero-order chi connectivity index (χ0) is 32.1. The Hall–Kier alpha value is -4.26. The van der Waals surface area contributed by atoms with Gasteiger partial charge in [0.25, 0.3) is 17.4 Å². The second-order valence-corrected chi connectivity index (χ2v) is 11.9. The topological polar surface area (TPSA) is 102 Å². The first-order valence-electron chi connectivity index (χ1n) is 13.9. The Morgan fingerprint density at radius 3 is 2.34 bits per heavy atom. The number of carbonyl (C=O) groups excluding carboxylic acids is 2. The van der Waals surface area contributed by atoms with Crippen molar-refractivity contribution in [3.8, 4) is 11.6 Å². The second-order valence-electron chi connectivity index (χ2n) is 11.1. The van der Waals surface area contributed by atoms with Gasteiger partial charge in [-0.2, -0.15) is 18.3 Å². The first-order valence-corrected chi connectivity index (χ1v) is 14.7. The number of benzene rings is 2. The van der Waals surface area contributed by atoms with E-state index in [1.165, 1.54) is 28.6 Å². The summed E-state index contributed by atoms with van der Waals surface area (Å²) in [6, 6.07) is 11.3. The van der Waals surface area contributed by atoms with Crippen LogP contribution in [0.15, 0.2) is 57.8 Å². The molecule has 230 valence electrons. The highest BCUT2D eigenvalue weighted by Gasteiger charge is 2.36. The van der Waals surface area contributed by atoms with Crippen LogP contribution < -0.4 is 10.9 Å². The molecule has 9 nitrogen and oxygen atoms in total. The fraction of sp³-hybridized carbons (Fsp3) is 0.323. The Kier molecular flexibility index (Phi) is 8.27. The third-order valence-electron chi connectivity index (χ3n) is 7.63. The van der Waals surface area contributed by atoms with Gasteiger partial charge in [0.2, 0.25) is 5.95 Å². The van der Waals surface area contributed by atoms with Crippen LogP contribution in [0.3, 0.4) is 0 Å². The van der Waals surface area contributed by atoms with E-state index in [4.69, 9.17) is 4.98 Å². The molecule has 0 bridgehead atoms. The van der Waals surface area contributed by atoms with Crippen molar-refractivity contribution in [2.45, 2.75) is 58.8 Å². The van der Waals surface area contributed by atoms with Crippen molar-refractivity contribution < 1.29 is 22.8 Å². The van der Waals surface area contributed by atoms with Crippen LogP contribution in [0.5, 0.6) is 0 Å². The highest BCUT2D eigenvalue weighted by molar-refractivity contribution is 9.10. The lowest BCUT2D eigenvalue weighted by molar-refractivity contribution is -0.138. The average molecular weight is 672 g/mol. The number of carbonyl (C=O) groups is 2. The molecule has 0 fully saturated rings. The largest absolute Gasteiger partial charge is 0.417 e. The number of alkyl halides is 3. The average Bonchev–Trinajstić information content (AvgIpc) is 3.38. The minimum atomic E-state index is -4.65. The lowest BCUT2D eigenvalue weighted by atomic mass is 9.98. The van der Waals surface area contributed by atoms with E-state index in [2.05, 4.69) is 26.3 Å². The number of aromatic nitrogens is 4. The maximum atomic E-state index is 14.2. The molecule has 0 aliphatic carbocycles. The van der Waals surface area contributed by atoms with Gasteiger partial charge >= 0.3 is 6.18 Å². The van der Waals surface area contributed by atoms with Crippen LogP contribution in [0, 0.1) is 6.92 Å². The lowest BCUT2D eigenvalue weighted by Crippen LogP contribution is -2.46. The molecule has 1 aliphatic rings. The fourth-order valence-electron chi connectivity index (χ4n) is 5.33. The van der Waals surface area contributed by atoms with Gasteiger partial charge in [0.15, 0.2) is 0 Å². The predicted molar refractivity (Wildman–Crippen MR) is 161 cm³/mol. The number of amides is 2. The van der Waals surface area contributed by atoms with Gasteiger partial charge in [0, 0.05) is 34.3 Å². The number of hydrogen-bond acceptors (Lipinski definition) is 5. The number of nitrogens with zero attached hydrogens (tertiary/aromatic N) is 5. The number of fused-ring (bicyclic) bond motifs is 1. The molecule has 0 spiro atoms. The molecule has 2 aromatic heterocycles. The van der Waals surface area contributed by atoms with Crippen molar-refractivity contribution in [1.29, 1.82) is 0 Å². The van der Waals surface area contributed by atoms with E-state index in [-0.39, 0.29) is 46.3 Å². The second kappa shape index (κ2) is 11.7. The van der Waals surface area contributed by atoms with E-state index in [9.17, 15) is 27.6 Å². The number of aryl methyl sites for hydroxylation is 1. The van der Waals surface area contributed by atoms with E-state index in [1.54, 1.807) is 35.9 Å². The minimum absolute atomic E-state index is 0.0199. The summed E-state index contributed by atoms with van der Waals surface area (Å²) in [6.45, 7) is 7.47. The highest BCUT2D eigenvalue weighted by atomic mass is 79.9. The van der Waals surface area contributed by atoms with E-state index >= 15 is 0 Å². The molecule has 2 amide bonds. The van der Waals surface area contributed by atoms with E-state index in [1.807, 2.05) is 26.8 Å². The van der Waals surface area contributed by atoms with Crippen molar-refractivity contribution >= 4 is 27.7 Å². The normalized spacial score (nSPS) is 15.0. The van der Waals surface area contributed by atoms with Crippen molar-refractivity contribution in [2.24, 2.45) is 0 Å². The molecule has 0 saturated carbocycles. The Morgan fingerprint density at radius 1 is 1.07 bits per heavy atom. The molecule has 13 heteroatoms. The molecule has 0 saturated heterocycles. The van der Waals surface area contributed by atoms with Gasteiger partial charge in [0.1, 0.15) is 0 Å². The molecule has 1 aliphatic heterocycles. The Balaban J connectivity index is 1.65. The summed E-state index contributed by atoms with van der Waals surface area (Å²) >= 11 is 2.92. The van der Waals surface area contributed by atoms with Crippen molar-refractivity contribution in [3.05, 3.63) is 103 Å². The van der Waals surface area contributed by atoms with Gasteiger partial charge in [-0.05, 0) is 74.7 Å². The smallest absolute Gasteiger partial charge is 0.355 e. The first-order chi connectivity index (χ1) is 20.7. The molecule has 44 heavy (non-hydrogen) atoms. The van der Waals surface area contributed by atoms with Gasteiger partial charge in [0.05, 0.1) is 34.9 Å². The quantitative estimate of drug-likeness (QED) is 0.299. The van der Waals surface area contributed by atoms with Crippen LogP contribution in [0.2, 0.25) is 0 Å². The standard InChI is InChI=1S/C31H30BrF3N6O3/c1-16(2)26-12-17(3)38-41(26)30-37-25-15-39(28(43)20-8-11-24(32)23(14-20)31(33,34)35)18(4)13-22(25)29(44)40(30)21-9-6-19(7-10-21)27(42)36-5/h6-12,14,16,18H,13,15H2,1-5H3,(H,36,42)/t18-/m1/s1. The number of nitrogens with one attached hydrogen (secondary N) is 1. The third-order valence-corrected chi connectivity index (χ3v) is 8.32. The Bertz CT molecular complexity index is 1830. The maximum absolute atomic E-state index is 14.2. The first kappa shape index (κ1) is 31.2. The van der Waals surface area contributed by atoms with Crippen molar-refractivity contribution in [2.75, 3.05) is 7.05 Å². The maximum Gasteiger partial charge on any atom is 0.417 e. The van der Waals surface area contributed by atoms with Crippen molar-refractivity contribution in [1.82, 2.24) is 29.5 Å². The summed E-state index contributed by atoms with van der Waals surface area (Å²) in [4.78, 5) is 46.3. The zero-order valence-corrected chi connectivity index (χ0v) is 26.2. The molecule has 5 rings (SSSR count). The van der Waals surface area contributed by atoms with E-state index < -0.39 is 23.7 Å². The summed E-state index contributed by atoms with van der Waals surface area (Å²) in [5.41, 5.74) is 1.70. The van der Waals surface area contributed by atoms with E-state index in [0.29, 0.717) is 28.2 Å². The molecular formula is C31H30BrF3N6O3. The molecule has 1 N–H and O–H groups in total. The summed E-state index contributed by atoms with van der Waals surface area (Å²) < 4.78 is 43.6. The summed E-state index contributed by atoms with van der Waals surface area (Å²) in [5, 5.41) is 7.21. The minimum Gasteiger partial charge on any atom is -0.355 e. The summed E-state index contributed by atoms with van der Waals surface area (Å²) in [7, 11) is 1.53. The molecule has 2 aromatic carbocycles. The highest BCUT2D eigenvalue weighted by Crippen LogP contribution is 2.36. The van der Waals surface area contributed by atoms with Gasteiger partial charge in [-0.25, -0.2) is 14.2 Å². The van der Waals surface area contributed by atoms with Crippen LogP contribution >= 0.6 is 15.9 Å². The van der Waals surface area contributed by atoms with Crippen molar-refractivity contribution in [3.63, 3.8) is 0 Å². The van der Waals surface area contributed by atoms with Gasteiger partial charge in [-0.1, -0.05) is 29.8 Å². The fourth-order valence-corrected chi connectivity index (χ4v) is 5.80. The zero-order valence-electron chi connectivity index (χ0n) is 24.7. The van der Waals surface area contributed by atoms with Crippen LogP contribution in [-0.4, -0.2) is 49.1 Å². The molecule has 3 heterocycles. The van der Waals surface area contributed by atoms with Crippen LogP contribution in [0.1, 0.15) is 75.6 Å². The molecular weight excluding hydrogens is 641 g/mol. The summed E-state index contributed by atoms with van der Waals surface area (Å²) in [6.07, 6.45) is -4.51. The SMILES string of the molecule is CNC(=O)c1ccc(-n2c(-n3nc(C)cc3C(C)C)nc3c(c2=O)C[C@@H](C)N(C(=O)c2ccc(Br)c(C(F)(F)F)c2)C3)cc1. The lowest BCUT2D eigenvalue weighted by Gasteiger charge is -2.34. The number of hydrogen-bond donors (Lipinski definition) is 1. The predicted octanol–water partition coefficient (Wildman–Crippen LogP) is 5.58. The molecule has 0 radical (unpaired) electrons. The summed E-state index contributed by atoms with van der Waals surface area (Å²) in [5.74, 6) is -0.657. The Labute approximate surface area is 259 Å². The van der Waals surface area contributed by atoms with Crippen LogP contribution in [0.4, 0.5) is 13.2 Å².